The second-order valence-electron chi connectivity index (χ2n) is 10.2. The standard InChI is InChI=1S/C12H17NO2.C11H17NO.C4H8O.Al.Li.4H/c1-12(2,3)10-6-5-8(13)7-9(10)11(14)15-4;1-11(2,3)10-5-4-9(12)6-8(10)7-13;1-2-4-5-3-1;;;;;;/h5-7H,13H2,1-4H3;4-6,13H,7,12H2,1-3H3;1-4H2;;;;;;/q;;;;+1;;;;-1. The van der Waals surface area contributed by atoms with Crippen LogP contribution in [0.5, 0.6) is 0 Å². The van der Waals surface area contributed by atoms with E-state index in [0.29, 0.717) is 16.9 Å². The first-order chi connectivity index (χ1) is 15.3. The van der Waals surface area contributed by atoms with Crippen molar-refractivity contribution in [1.82, 2.24) is 0 Å². The van der Waals surface area contributed by atoms with Crippen LogP contribution in [0.3, 0.4) is 0 Å². The van der Waals surface area contributed by atoms with Gasteiger partial charge in [-0.3, -0.25) is 0 Å². The molecule has 2 aromatic carbocycles. The second kappa shape index (κ2) is 16.3. The summed E-state index contributed by atoms with van der Waals surface area (Å²) < 4.78 is 9.68. The van der Waals surface area contributed by atoms with E-state index in [1.807, 2.05) is 45.0 Å². The molecule has 0 spiro atoms. The van der Waals surface area contributed by atoms with Gasteiger partial charge in [0.1, 0.15) is 0 Å². The van der Waals surface area contributed by atoms with Gasteiger partial charge < -0.3 is 27.5 Å². The number of aliphatic hydroxyl groups excluding tert-OH is 1. The average molecular weight is 497 g/mol. The molecule has 2 aromatic rings. The normalized spacial score (nSPS) is 12.6. The number of nitrogen functional groups attached to an aromatic ring is 2. The zero-order valence-corrected chi connectivity index (χ0v) is 22.3. The molecule has 0 radical (unpaired) electrons. The van der Waals surface area contributed by atoms with Crippen LogP contribution in [0.25, 0.3) is 0 Å². The van der Waals surface area contributed by atoms with Crippen molar-refractivity contribution < 1.29 is 39.7 Å². The molecule has 1 aliphatic heterocycles. The van der Waals surface area contributed by atoms with Gasteiger partial charge in [0.15, 0.2) is 17.4 Å². The minimum Gasteiger partial charge on any atom is -1.00 e. The maximum Gasteiger partial charge on any atom is 1.00 e. The first-order valence-electron chi connectivity index (χ1n) is 11.4. The summed E-state index contributed by atoms with van der Waals surface area (Å²) in [4.78, 5) is 11.6. The molecule has 0 amide bonds. The number of carbonyl (C=O) groups excluding carboxylic acids is 1. The van der Waals surface area contributed by atoms with Crippen LogP contribution in [-0.2, 0) is 26.9 Å². The second-order valence-corrected chi connectivity index (χ2v) is 10.2. The molecular weight excluding hydrogens is 450 g/mol. The Labute approximate surface area is 235 Å². The van der Waals surface area contributed by atoms with E-state index in [-0.39, 0.29) is 61.1 Å². The van der Waals surface area contributed by atoms with E-state index in [4.69, 9.17) is 26.0 Å². The molecule has 1 aliphatic rings. The van der Waals surface area contributed by atoms with Crippen LogP contribution >= 0.6 is 0 Å². The van der Waals surface area contributed by atoms with Crippen LogP contribution < -0.4 is 30.3 Å². The Bertz CT molecular complexity index is 904. The van der Waals surface area contributed by atoms with E-state index < -0.39 is 0 Å². The van der Waals surface area contributed by atoms with Crippen LogP contribution in [-0.4, -0.2) is 48.8 Å². The smallest absolute Gasteiger partial charge is 1.00 e. The third-order valence-corrected chi connectivity index (χ3v) is 5.19. The molecule has 5 N–H and O–H groups in total. The Balaban J connectivity index is -0.000000475. The van der Waals surface area contributed by atoms with Crippen molar-refractivity contribution in [2.24, 2.45) is 0 Å². The van der Waals surface area contributed by atoms with Gasteiger partial charge in [-0.1, -0.05) is 53.7 Å². The molecule has 1 heterocycles. The average Bonchev–Trinajstić information content (AvgIpc) is 3.32. The fourth-order valence-corrected chi connectivity index (χ4v) is 3.48. The maximum atomic E-state index is 11.6. The number of hydrogen-bond acceptors (Lipinski definition) is 6. The first-order valence-corrected chi connectivity index (χ1v) is 11.4. The summed E-state index contributed by atoms with van der Waals surface area (Å²) in [7, 11) is 1.37. The zero-order valence-electron chi connectivity index (χ0n) is 23.3. The molecule has 0 atom stereocenters. The monoisotopic (exact) mass is 496 g/mol. The fraction of sp³-hybridized carbons (Fsp3) is 0.519. The Morgan fingerprint density at radius 1 is 0.943 bits per heavy atom. The molecule has 0 bridgehead atoms. The van der Waals surface area contributed by atoms with E-state index in [1.165, 1.54) is 20.0 Å². The van der Waals surface area contributed by atoms with Gasteiger partial charge in [0.25, 0.3) is 0 Å². The van der Waals surface area contributed by atoms with Gasteiger partial charge in [-0.2, -0.15) is 0 Å². The van der Waals surface area contributed by atoms with Crippen LogP contribution in [0.15, 0.2) is 36.4 Å². The van der Waals surface area contributed by atoms with Gasteiger partial charge in [0, 0.05) is 24.6 Å². The van der Waals surface area contributed by atoms with Gasteiger partial charge in [0.2, 0.25) is 0 Å². The number of rotatable bonds is 2. The summed E-state index contributed by atoms with van der Waals surface area (Å²) in [5.74, 6) is -0.341. The minimum atomic E-state index is -0.341. The van der Waals surface area contributed by atoms with Gasteiger partial charge in [0.05, 0.1) is 19.3 Å². The van der Waals surface area contributed by atoms with Crippen LogP contribution in [0.4, 0.5) is 11.4 Å². The predicted molar refractivity (Wildman–Crippen MR) is 147 cm³/mol. The largest absolute Gasteiger partial charge is 1.00 e. The van der Waals surface area contributed by atoms with Crippen LogP contribution in [0, 0.1) is 0 Å². The topological polar surface area (TPSA) is 108 Å². The maximum absolute atomic E-state index is 11.6. The van der Waals surface area contributed by atoms with Crippen LogP contribution in [0.1, 0.15) is 82.9 Å². The molecular formula is C27H46AlLiN2O4. The Morgan fingerprint density at radius 2 is 1.40 bits per heavy atom. The number of carbonyl (C=O) groups is 1. The van der Waals surface area contributed by atoms with Crippen molar-refractivity contribution in [3.05, 3.63) is 58.7 Å². The molecule has 0 aliphatic carbocycles. The summed E-state index contributed by atoms with van der Waals surface area (Å²) in [6, 6.07) is 11.0. The Kier molecular flexibility index (Phi) is 16.7. The van der Waals surface area contributed by atoms with Gasteiger partial charge >= 0.3 is 24.8 Å². The third kappa shape index (κ3) is 12.4. The summed E-state index contributed by atoms with van der Waals surface area (Å²) in [6.07, 6.45) is 2.56. The molecule has 0 saturated carbocycles. The Hall–Kier alpha value is -1.44. The number of hydrogen-bond donors (Lipinski definition) is 3. The number of aliphatic hydroxyl groups is 1. The van der Waals surface area contributed by atoms with Crippen molar-refractivity contribution in [2.45, 2.75) is 71.8 Å². The SMILES string of the molecule is C1CCOC1.CC(C)(C)c1ccc(N)cc1CO.COC(=O)c1cc(N)ccc1C(C)(C)C.[AlH3].[H-].[Li+]. The molecule has 3 rings (SSSR count). The summed E-state index contributed by atoms with van der Waals surface area (Å²) in [5.41, 5.74) is 16.1. The molecule has 1 saturated heterocycles. The number of methoxy groups -OCH3 is 1. The van der Waals surface area contributed by atoms with Gasteiger partial charge in [-0.05, 0) is 64.6 Å². The summed E-state index contributed by atoms with van der Waals surface area (Å²) in [6.45, 7) is 14.6. The molecule has 8 heteroatoms. The number of ether oxygens (including phenoxy) is 2. The van der Waals surface area contributed by atoms with E-state index in [9.17, 15) is 4.79 Å². The van der Waals surface area contributed by atoms with Crippen molar-refractivity contribution in [2.75, 3.05) is 31.8 Å². The molecule has 0 unspecified atom stereocenters. The molecule has 35 heavy (non-hydrogen) atoms. The summed E-state index contributed by atoms with van der Waals surface area (Å²) >= 11 is 0. The molecule has 0 aromatic heterocycles. The number of nitrogens with two attached hydrogens (primary N) is 2. The van der Waals surface area contributed by atoms with Crippen molar-refractivity contribution in [3.8, 4) is 0 Å². The van der Waals surface area contributed by atoms with E-state index in [1.54, 1.807) is 12.1 Å². The number of anilines is 2. The van der Waals surface area contributed by atoms with E-state index in [0.717, 1.165) is 29.9 Å². The van der Waals surface area contributed by atoms with E-state index in [2.05, 4.69) is 20.8 Å². The number of benzene rings is 2. The van der Waals surface area contributed by atoms with Crippen LogP contribution in [0.2, 0.25) is 0 Å². The van der Waals surface area contributed by atoms with Crippen molar-refractivity contribution in [3.63, 3.8) is 0 Å². The molecule has 192 valence electrons. The molecule has 1 fully saturated rings. The summed E-state index contributed by atoms with van der Waals surface area (Å²) in [5, 5.41) is 9.15. The first kappa shape index (κ1) is 35.7. The van der Waals surface area contributed by atoms with E-state index >= 15 is 0 Å². The van der Waals surface area contributed by atoms with Gasteiger partial charge in [-0.15, -0.1) is 0 Å². The molecule has 6 nitrogen and oxygen atoms in total. The fourth-order valence-electron chi connectivity index (χ4n) is 3.48. The Morgan fingerprint density at radius 3 is 1.77 bits per heavy atom. The number of esters is 1. The minimum absolute atomic E-state index is 0. The van der Waals surface area contributed by atoms with Gasteiger partial charge in [-0.25, -0.2) is 4.79 Å². The predicted octanol–water partition coefficient (Wildman–Crippen LogP) is 1.14. The zero-order chi connectivity index (χ0) is 25.2. The van der Waals surface area contributed by atoms with Crippen molar-refractivity contribution >= 4 is 34.7 Å². The third-order valence-electron chi connectivity index (χ3n) is 5.19. The van der Waals surface area contributed by atoms with Crippen molar-refractivity contribution in [1.29, 1.82) is 0 Å². The quantitative estimate of drug-likeness (QED) is 0.327.